The Morgan fingerprint density at radius 2 is 2.31 bits per heavy atom. The van der Waals surface area contributed by atoms with Gasteiger partial charge in [0, 0.05) is 11.3 Å². The number of rotatable bonds is 3. The fraction of sp³-hybridized carbons (Fsp3) is 0.600. The Hall–Kier alpha value is 0.140. The van der Waals surface area contributed by atoms with Gasteiger partial charge in [-0.15, -0.1) is 11.3 Å². The van der Waals surface area contributed by atoms with Crippen molar-refractivity contribution in [3.63, 3.8) is 0 Å². The Balaban J connectivity index is 2.04. The number of thiophene rings is 1. The summed E-state index contributed by atoms with van der Waals surface area (Å²) in [7, 11) is 0. The monoisotopic (exact) mass is 260 g/mol. The fourth-order valence-corrected chi connectivity index (χ4v) is 3.29. The minimum absolute atomic E-state index is 0.482. The van der Waals surface area contributed by atoms with Crippen LogP contribution in [0.5, 0.6) is 0 Å². The first kappa shape index (κ1) is 9.69. The third-order valence-electron chi connectivity index (χ3n) is 2.62. The standard InChI is InChI=1S/C10H13BrOS/c1-10(12,7-2-3-7)6-8-4-5-9(11)13-8/h4-5,7,12H,2-3,6H2,1H3. The molecule has 1 saturated carbocycles. The Labute approximate surface area is 90.9 Å². The lowest BCUT2D eigenvalue weighted by Gasteiger charge is -2.21. The van der Waals surface area contributed by atoms with E-state index in [0.29, 0.717) is 5.92 Å². The number of aliphatic hydroxyl groups is 1. The summed E-state index contributed by atoms with van der Waals surface area (Å²) in [4.78, 5) is 1.27. The molecule has 1 N–H and O–H groups in total. The third-order valence-corrected chi connectivity index (χ3v) is 4.24. The molecule has 1 aromatic rings. The molecule has 0 amide bonds. The van der Waals surface area contributed by atoms with Gasteiger partial charge >= 0.3 is 0 Å². The van der Waals surface area contributed by atoms with Crippen molar-refractivity contribution in [2.45, 2.75) is 31.8 Å². The van der Waals surface area contributed by atoms with Gasteiger partial charge in [0.1, 0.15) is 0 Å². The first-order valence-electron chi connectivity index (χ1n) is 4.54. The van der Waals surface area contributed by atoms with Crippen LogP contribution in [0, 0.1) is 5.92 Å². The van der Waals surface area contributed by atoms with E-state index in [0.717, 1.165) is 10.2 Å². The van der Waals surface area contributed by atoms with E-state index in [1.165, 1.54) is 17.7 Å². The van der Waals surface area contributed by atoms with Gasteiger partial charge < -0.3 is 5.11 Å². The smallest absolute Gasteiger partial charge is 0.0701 e. The molecule has 1 aliphatic carbocycles. The molecule has 2 rings (SSSR count). The lowest BCUT2D eigenvalue weighted by atomic mass is 9.96. The van der Waals surface area contributed by atoms with E-state index in [1.807, 2.05) is 13.0 Å². The molecule has 1 unspecified atom stereocenters. The number of halogens is 1. The van der Waals surface area contributed by atoms with Gasteiger partial charge in [-0.1, -0.05) is 0 Å². The second-order valence-electron chi connectivity index (χ2n) is 4.01. The van der Waals surface area contributed by atoms with E-state index in [9.17, 15) is 5.11 Å². The molecule has 0 radical (unpaired) electrons. The summed E-state index contributed by atoms with van der Waals surface area (Å²) in [6.07, 6.45) is 3.19. The molecule has 1 aromatic heterocycles. The van der Waals surface area contributed by atoms with Crippen LogP contribution in [0.1, 0.15) is 24.6 Å². The minimum Gasteiger partial charge on any atom is -0.390 e. The summed E-state index contributed by atoms with van der Waals surface area (Å²) < 4.78 is 1.15. The lowest BCUT2D eigenvalue weighted by molar-refractivity contribution is 0.0380. The topological polar surface area (TPSA) is 20.2 Å². The van der Waals surface area contributed by atoms with Crippen LogP contribution in [0.2, 0.25) is 0 Å². The van der Waals surface area contributed by atoms with Crippen LogP contribution in [0.25, 0.3) is 0 Å². The molecule has 0 saturated heterocycles. The first-order chi connectivity index (χ1) is 6.08. The quantitative estimate of drug-likeness (QED) is 0.885. The molecule has 1 atom stereocenters. The highest BCUT2D eigenvalue weighted by atomic mass is 79.9. The van der Waals surface area contributed by atoms with Gasteiger partial charge in [0.2, 0.25) is 0 Å². The van der Waals surface area contributed by atoms with Crippen molar-refractivity contribution < 1.29 is 5.11 Å². The zero-order valence-corrected chi connectivity index (χ0v) is 9.99. The Kier molecular flexibility index (Phi) is 2.51. The normalized spacial score (nSPS) is 21.5. The molecule has 3 heteroatoms. The maximum atomic E-state index is 10.1. The summed E-state index contributed by atoms with van der Waals surface area (Å²) in [6, 6.07) is 4.13. The average Bonchev–Trinajstić information content (AvgIpc) is 2.78. The molecule has 0 spiro atoms. The second kappa shape index (κ2) is 3.37. The van der Waals surface area contributed by atoms with Crippen LogP contribution in [-0.4, -0.2) is 10.7 Å². The van der Waals surface area contributed by atoms with Gasteiger partial charge in [-0.25, -0.2) is 0 Å². The molecule has 1 aliphatic rings. The molecule has 0 bridgehead atoms. The van der Waals surface area contributed by atoms with Crippen LogP contribution >= 0.6 is 27.3 Å². The number of hydrogen-bond acceptors (Lipinski definition) is 2. The summed E-state index contributed by atoms with van der Waals surface area (Å²) in [5, 5.41) is 10.1. The van der Waals surface area contributed by atoms with E-state index in [-0.39, 0.29) is 0 Å². The predicted molar refractivity (Wildman–Crippen MR) is 59.1 cm³/mol. The average molecular weight is 261 g/mol. The van der Waals surface area contributed by atoms with Crippen molar-refractivity contribution in [1.29, 1.82) is 0 Å². The summed E-state index contributed by atoms with van der Waals surface area (Å²) >= 11 is 5.15. The van der Waals surface area contributed by atoms with Crippen LogP contribution in [-0.2, 0) is 6.42 Å². The van der Waals surface area contributed by atoms with Crippen LogP contribution in [0.15, 0.2) is 15.9 Å². The van der Waals surface area contributed by atoms with Gasteiger partial charge in [-0.2, -0.15) is 0 Å². The second-order valence-corrected chi connectivity index (χ2v) is 6.56. The SMILES string of the molecule is CC(O)(Cc1ccc(Br)s1)C1CC1. The maximum absolute atomic E-state index is 10.1. The maximum Gasteiger partial charge on any atom is 0.0701 e. The highest BCUT2D eigenvalue weighted by Gasteiger charge is 2.39. The van der Waals surface area contributed by atoms with Crippen molar-refractivity contribution in [2.75, 3.05) is 0 Å². The van der Waals surface area contributed by atoms with Gasteiger partial charge in [-0.3, -0.25) is 0 Å². The van der Waals surface area contributed by atoms with E-state index in [2.05, 4.69) is 22.0 Å². The molecule has 72 valence electrons. The van der Waals surface area contributed by atoms with E-state index < -0.39 is 5.60 Å². The van der Waals surface area contributed by atoms with Crippen molar-refractivity contribution >= 4 is 27.3 Å². The molecule has 0 aliphatic heterocycles. The summed E-state index contributed by atoms with van der Waals surface area (Å²) in [5.41, 5.74) is -0.482. The van der Waals surface area contributed by atoms with Crippen LogP contribution in [0.3, 0.4) is 0 Å². The highest BCUT2D eigenvalue weighted by molar-refractivity contribution is 9.11. The Morgan fingerprint density at radius 3 is 2.77 bits per heavy atom. The minimum atomic E-state index is -0.482. The molecule has 0 aromatic carbocycles. The molecular weight excluding hydrogens is 248 g/mol. The lowest BCUT2D eigenvalue weighted by Crippen LogP contribution is -2.29. The molecular formula is C10H13BrOS. The van der Waals surface area contributed by atoms with Crippen molar-refractivity contribution in [3.05, 3.63) is 20.8 Å². The van der Waals surface area contributed by atoms with Gasteiger partial charge in [0.05, 0.1) is 9.39 Å². The molecule has 1 nitrogen and oxygen atoms in total. The van der Waals surface area contributed by atoms with Crippen molar-refractivity contribution in [2.24, 2.45) is 5.92 Å². The van der Waals surface area contributed by atoms with E-state index in [4.69, 9.17) is 0 Å². The summed E-state index contributed by atoms with van der Waals surface area (Å²) in [5.74, 6) is 0.536. The van der Waals surface area contributed by atoms with E-state index in [1.54, 1.807) is 11.3 Å². The third kappa shape index (κ3) is 2.33. The van der Waals surface area contributed by atoms with Crippen LogP contribution < -0.4 is 0 Å². The van der Waals surface area contributed by atoms with Gasteiger partial charge in [0.15, 0.2) is 0 Å². The predicted octanol–water partition coefficient (Wildman–Crippen LogP) is 3.21. The van der Waals surface area contributed by atoms with E-state index >= 15 is 0 Å². The van der Waals surface area contributed by atoms with Crippen molar-refractivity contribution in [1.82, 2.24) is 0 Å². The molecule has 1 fully saturated rings. The first-order valence-corrected chi connectivity index (χ1v) is 6.15. The van der Waals surface area contributed by atoms with Gasteiger partial charge in [-0.05, 0) is 53.7 Å². The van der Waals surface area contributed by atoms with Crippen LogP contribution in [0.4, 0.5) is 0 Å². The fourth-order valence-electron chi connectivity index (χ4n) is 1.65. The summed E-state index contributed by atoms with van der Waals surface area (Å²) in [6.45, 7) is 1.96. The largest absolute Gasteiger partial charge is 0.390 e. The molecule has 13 heavy (non-hydrogen) atoms. The number of hydrogen-bond donors (Lipinski definition) is 1. The zero-order chi connectivity index (χ0) is 9.47. The van der Waals surface area contributed by atoms with Crippen molar-refractivity contribution in [3.8, 4) is 0 Å². The zero-order valence-electron chi connectivity index (χ0n) is 7.59. The highest BCUT2D eigenvalue weighted by Crippen LogP contribution is 2.42. The molecule has 1 heterocycles. The van der Waals surface area contributed by atoms with Gasteiger partial charge in [0.25, 0.3) is 0 Å². The Bertz CT molecular complexity index is 302. The Morgan fingerprint density at radius 1 is 1.62 bits per heavy atom.